The largest absolute Gasteiger partial charge is 0.480 e. The molecule has 1 aromatic heterocycles. The molecule has 0 saturated carbocycles. The third kappa shape index (κ3) is 4.52. The summed E-state index contributed by atoms with van der Waals surface area (Å²) in [6, 6.07) is 2.53. The van der Waals surface area contributed by atoms with Gasteiger partial charge in [-0.15, -0.1) is 0 Å². The predicted octanol–water partition coefficient (Wildman–Crippen LogP) is 3.10. The van der Waals surface area contributed by atoms with Crippen LogP contribution in [-0.2, 0) is 9.59 Å². The Hall–Kier alpha value is -2.83. The Morgan fingerprint density at radius 2 is 1.75 bits per heavy atom. The van der Waals surface area contributed by atoms with Gasteiger partial charge < -0.3 is 19.6 Å². The van der Waals surface area contributed by atoms with Gasteiger partial charge in [0.25, 0.3) is 5.91 Å². The summed E-state index contributed by atoms with van der Waals surface area (Å²) in [4.78, 5) is 35.7. The highest BCUT2D eigenvalue weighted by atomic mass is 16.5. The molecule has 2 rings (SSSR count). The van der Waals surface area contributed by atoms with Crippen LogP contribution in [0.3, 0.4) is 0 Å². The second-order valence-electron chi connectivity index (χ2n) is 7.49. The fraction of sp³-hybridized carbons (Fsp3) is 0.476. The summed E-state index contributed by atoms with van der Waals surface area (Å²) in [5, 5.41) is 12.6. The highest BCUT2D eigenvalue weighted by Crippen LogP contribution is 2.29. The quantitative estimate of drug-likeness (QED) is 0.705. The molecule has 1 aromatic carbocycles. The number of aryl methyl sites for hydroxylation is 2. The first-order valence-corrected chi connectivity index (χ1v) is 9.26. The molecule has 2 aromatic rings. The molecule has 7 nitrogen and oxygen atoms in total. The molecule has 0 fully saturated rings. The number of ether oxygens (including phenoxy) is 1. The van der Waals surface area contributed by atoms with Crippen LogP contribution in [0.25, 0.3) is 11.0 Å². The number of carbonyl (C=O) groups excluding carboxylic acids is 1. The van der Waals surface area contributed by atoms with E-state index in [1.165, 1.54) is 0 Å². The van der Waals surface area contributed by atoms with Crippen LogP contribution in [0.5, 0.6) is 5.75 Å². The van der Waals surface area contributed by atoms with E-state index in [4.69, 9.17) is 9.15 Å². The Balaban J connectivity index is 2.25. The van der Waals surface area contributed by atoms with Crippen molar-refractivity contribution in [3.05, 3.63) is 39.2 Å². The predicted molar refractivity (Wildman–Crippen MR) is 106 cm³/mol. The lowest BCUT2D eigenvalue weighted by molar-refractivity contribution is -0.143. The van der Waals surface area contributed by atoms with Gasteiger partial charge in [-0.2, -0.15) is 0 Å². The molecule has 0 aliphatic carbocycles. The standard InChI is InChI=1S/C21H27NO6/c1-10(2)9-16(20(24)25)22-19(23)14(6)27-17-8-7-15-11(3)12(4)21(26)28-18(15)13(17)5/h7-8,10,14,16H,9H2,1-6H3,(H,22,23)(H,24,25)/t14?,16-/m1/s1. The number of hydrogen-bond acceptors (Lipinski definition) is 5. The first-order valence-electron chi connectivity index (χ1n) is 9.26. The van der Waals surface area contributed by atoms with Crippen LogP contribution < -0.4 is 15.7 Å². The first kappa shape index (κ1) is 21.5. The summed E-state index contributed by atoms with van der Waals surface area (Å²) in [6.07, 6.45) is -0.588. The molecule has 0 bridgehead atoms. The van der Waals surface area contributed by atoms with Gasteiger partial charge in [-0.05, 0) is 57.7 Å². The van der Waals surface area contributed by atoms with Crippen molar-refractivity contribution < 1.29 is 23.8 Å². The number of nitrogens with one attached hydrogen (secondary N) is 1. The van der Waals surface area contributed by atoms with E-state index in [-0.39, 0.29) is 5.92 Å². The number of hydrogen-bond donors (Lipinski definition) is 2. The fourth-order valence-electron chi connectivity index (χ4n) is 2.98. The van der Waals surface area contributed by atoms with Crippen LogP contribution in [0, 0.1) is 26.7 Å². The highest BCUT2D eigenvalue weighted by Gasteiger charge is 2.25. The van der Waals surface area contributed by atoms with E-state index in [9.17, 15) is 19.5 Å². The first-order chi connectivity index (χ1) is 13.0. The summed E-state index contributed by atoms with van der Waals surface area (Å²) in [6.45, 7) is 10.6. The zero-order valence-electron chi connectivity index (χ0n) is 17.1. The molecule has 0 radical (unpaired) electrons. The highest BCUT2D eigenvalue weighted by molar-refractivity contribution is 5.87. The number of amides is 1. The van der Waals surface area contributed by atoms with Gasteiger partial charge in [0.2, 0.25) is 0 Å². The molecule has 1 unspecified atom stereocenters. The monoisotopic (exact) mass is 389 g/mol. The molecule has 2 N–H and O–H groups in total. The minimum atomic E-state index is -1.08. The summed E-state index contributed by atoms with van der Waals surface area (Å²) < 4.78 is 11.2. The van der Waals surface area contributed by atoms with Crippen molar-refractivity contribution in [2.75, 3.05) is 0 Å². The number of carboxylic acids is 1. The number of aliphatic carboxylic acids is 1. The van der Waals surface area contributed by atoms with Crippen molar-refractivity contribution >= 4 is 22.8 Å². The Bertz CT molecular complexity index is 960. The van der Waals surface area contributed by atoms with Crippen molar-refractivity contribution in [2.24, 2.45) is 5.92 Å². The summed E-state index contributed by atoms with van der Waals surface area (Å²) >= 11 is 0. The van der Waals surface area contributed by atoms with Crippen molar-refractivity contribution in [3.8, 4) is 5.75 Å². The number of rotatable bonds is 7. The lowest BCUT2D eigenvalue weighted by Gasteiger charge is -2.21. The molecule has 1 heterocycles. The van der Waals surface area contributed by atoms with Crippen molar-refractivity contribution in [2.45, 2.75) is 60.1 Å². The molecule has 2 atom stereocenters. The second kappa shape index (κ2) is 8.46. The number of benzene rings is 1. The van der Waals surface area contributed by atoms with E-state index >= 15 is 0 Å². The van der Waals surface area contributed by atoms with Gasteiger partial charge in [-0.3, -0.25) is 4.79 Å². The van der Waals surface area contributed by atoms with Gasteiger partial charge in [0, 0.05) is 16.5 Å². The van der Waals surface area contributed by atoms with Gasteiger partial charge >= 0.3 is 11.6 Å². The maximum Gasteiger partial charge on any atom is 0.339 e. The van der Waals surface area contributed by atoms with E-state index in [1.807, 2.05) is 20.8 Å². The average molecular weight is 389 g/mol. The Labute approximate surface area is 163 Å². The Kier molecular flexibility index (Phi) is 6.48. The van der Waals surface area contributed by atoms with E-state index in [2.05, 4.69) is 5.32 Å². The van der Waals surface area contributed by atoms with Crippen LogP contribution in [0.2, 0.25) is 0 Å². The third-order valence-corrected chi connectivity index (χ3v) is 4.82. The van der Waals surface area contributed by atoms with Gasteiger partial charge in [-0.25, -0.2) is 9.59 Å². The number of carbonyl (C=O) groups is 2. The number of carboxylic acid groups (broad SMARTS) is 1. The maximum atomic E-state index is 12.4. The lowest BCUT2D eigenvalue weighted by atomic mass is 10.0. The molecule has 152 valence electrons. The van der Waals surface area contributed by atoms with Crippen LogP contribution in [-0.4, -0.2) is 29.1 Å². The van der Waals surface area contributed by atoms with Crippen LogP contribution in [0.15, 0.2) is 21.3 Å². The van der Waals surface area contributed by atoms with Crippen LogP contribution in [0.1, 0.15) is 43.9 Å². The lowest BCUT2D eigenvalue weighted by Crippen LogP contribution is -2.46. The molecule has 7 heteroatoms. The van der Waals surface area contributed by atoms with Crippen molar-refractivity contribution in [1.29, 1.82) is 0 Å². The Morgan fingerprint density at radius 1 is 1.11 bits per heavy atom. The normalized spacial score (nSPS) is 13.4. The van der Waals surface area contributed by atoms with E-state index < -0.39 is 29.6 Å². The second-order valence-corrected chi connectivity index (χ2v) is 7.49. The van der Waals surface area contributed by atoms with Crippen LogP contribution in [0.4, 0.5) is 0 Å². The van der Waals surface area contributed by atoms with Gasteiger partial charge in [0.05, 0.1) is 0 Å². The topological polar surface area (TPSA) is 106 Å². The van der Waals surface area contributed by atoms with E-state index in [0.717, 1.165) is 10.9 Å². The van der Waals surface area contributed by atoms with Crippen molar-refractivity contribution in [3.63, 3.8) is 0 Å². The molecule has 0 saturated heterocycles. The zero-order chi connectivity index (χ0) is 21.2. The molecular weight excluding hydrogens is 362 g/mol. The molecule has 0 aliphatic heterocycles. The molecular formula is C21H27NO6. The molecule has 0 spiro atoms. The minimum Gasteiger partial charge on any atom is -0.480 e. The van der Waals surface area contributed by atoms with Crippen molar-refractivity contribution in [1.82, 2.24) is 5.32 Å². The van der Waals surface area contributed by atoms with Gasteiger partial charge in [-0.1, -0.05) is 13.8 Å². The summed E-state index contributed by atoms with van der Waals surface area (Å²) in [5.74, 6) is -1.08. The maximum absolute atomic E-state index is 12.4. The SMILES string of the molecule is Cc1c(C)c2ccc(OC(C)C(=O)N[C@H](CC(C)C)C(=O)O)c(C)c2oc1=O. The smallest absolute Gasteiger partial charge is 0.339 e. The van der Waals surface area contributed by atoms with Gasteiger partial charge in [0.15, 0.2) is 6.10 Å². The van der Waals surface area contributed by atoms with Crippen LogP contribution >= 0.6 is 0 Å². The third-order valence-electron chi connectivity index (χ3n) is 4.82. The average Bonchev–Trinajstić information content (AvgIpc) is 2.61. The molecule has 28 heavy (non-hydrogen) atoms. The molecule has 1 amide bonds. The molecule has 0 aliphatic rings. The van der Waals surface area contributed by atoms with Gasteiger partial charge in [0.1, 0.15) is 17.4 Å². The summed E-state index contributed by atoms with van der Waals surface area (Å²) in [7, 11) is 0. The number of fused-ring (bicyclic) bond motifs is 1. The summed E-state index contributed by atoms with van der Waals surface area (Å²) in [5.41, 5.74) is 2.01. The minimum absolute atomic E-state index is 0.120. The Morgan fingerprint density at radius 3 is 2.32 bits per heavy atom. The zero-order valence-corrected chi connectivity index (χ0v) is 17.1. The fourth-order valence-corrected chi connectivity index (χ4v) is 2.98. The van der Waals surface area contributed by atoms with E-state index in [0.29, 0.717) is 28.9 Å². The van der Waals surface area contributed by atoms with E-state index in [1.54, 1.807) is 32.9 Å².